The lowest BCUT2D eigenvalue weighted by Gasteiger charge is -2.21. The molecule has 0 aliphatic rings. The van der Waals surface area contributed by atoms with Crippen LogP contribution in [0.25, 0.3) is 0 Å². The topological polar surface area (TPSA) is 55.6 Å². The zero-order valence-electron chi connectivity index (χ0n) is 14.2. The van der Waals surface area contributed by atoms with Crippen LogP contribution >= 0.6 is 0 Å². The highest BCUT2D eigenvalue weighted by Crippen LogP contribution is 2.22. The summed E-state index contributed by atoms with van der Waals surface area (Å²) in [5.41, 5.74) is 2.23. The van der Waals surface area contributed by atoms with Gasteiger partial charge in [0.05, 0.1) is 17.4 Å². The number of nitrogens with zero attached hydrogens (tertiary/aromatic N) is 4. The van der Waals surface area contributed by atoms with E-state index in [4.69, 9.17) is 0 Å². The van der Waals surface area contributed by atoms with Crippen LogP contribution < -0.4 is 5.32 Å². The van der Waals surface area contributed by atoms with E-state index >= 15 is 0 Å². The lowest BCUT2D eigenvalue weighted by molar-refractivity contribution is 0.347. The van der Waals surface area contributed by atoms with Crippen LogP contribution in [0.4, 0.5) is 0 Å². The summed E-state index contributed by atoms with van der Waals surface area (Å²) >= 11 is 0. The summed E-state index contributed by atoms with van der Waals surface area (Å²) < 4.78 is 1.91. The Hall–Kier alpha value is -1.75. The van der Waals surface area contributed by atoms with Crippen LogP contribution in [-0.2, 0) is 12.1 Å². The average Bonchev–Trinajstić information content (AvgIpc) is 2.93. The minimum absolute atomic E-state index is 0.0264. The highest BCUT2D eigenvalue weighted by Gasteiger charge is 2.17. The maximum absolute atomic E-state index is 4.24. The largest absolute Gasteiger partial charge is 0.310 e. The van der Waals surface area contributed by atoms with Gasteiger partial charge in [-0.1, -0.05) is 25.1 Å². The molecular weight excluding hydrogens is 274 g/mol. The van der Waals surface area contributed by atoms with Gasteiger partial charge in [0, 0.05) is 31.4 Å². The van der Waals surface area contributed by atoms with Crippen LogP contribution in [0, 0.1) is 5.92 Å². The van der Waals surface area contributed by atoms with Gasteiger partial charge in [0.1, 0.15) is 0 Å². The van der Waals surface area contributed by atoms with E-state index in [1.807, 2.05) is 29.3 Å². The Labute approximate surface area is 133 Å². The Morgan fingerprint density at radius 2 is 2.05 bits per heavy atom. The van der Waals surface area contributed by atoms with E-state index in [0.29, 0.717) is 11.8 Å². The molecule has 120 valence electrons. The van der Waals surface area contributed by atoms with E-state index in [1.54, 1.807) is 0 Å². The maximum Gasteiger partial charge on any atom is 0.0965 e. The standard InChI is InChI=1S/C17H27N5/c1-13(2)16(14-7-6-8-18-9-14)11-19-10-15-12-22(21-20-15)17(3,4)5/h6-9,12-13,16,19H,10-11H2,1-5H3. The first-order valence-corrected chi connectivity index (χ1v) is 7.90. The van der Waals surface area contributed by atoms with Gasteiger partial charge in [-0.25, -0.2) is 4.68 Å². The van der Waals surface area contributed by atoms with Gasteiger partial charge in [-0.05, 0) is 38.3 Å². The molecule has 0 bridgehead atoms. The van der Waals surface area contributed by atoms with E-state index in [-0.39, 0.29) is 5.54 Å². The predicted octanol–water partition coefficient (Wildman–Crippen LogP) is 2.96. The smallest absolute Gasteiger partial charge is 0.0965 e. The molecule has 0 aliphatic heterocycles. The van der Waals surface area contributed by atoms with Crippen molar-refractivity contribution in [3.05, 3.63) is 42.0 Å². The maximum atomic E-state index is 4.24. The zero-order valence-corrected chi connectivity index (χ0v) is 14.2. The van der Waals surface area contributed by atoms with E-state index in [0.717, 1.165) is 18.8 Å². The van der Waals surface area contributed by atoms with E-state index in [1.165, 1.54) is 5.56 Å². The summed E-state index contributed by atoms with van der Waals surface area (Å²) in [5.74, 6) is 1.01. The Bertz CT molecular complexity index is 568. The SMILES string of the molecule is CC(C)C(CNCc1cn(C(C)(C)C)nn1)c1cccnc1. The molecular formula is C17H27N5. The normalized spacial score (nSPS) is 13.5. The molecule has 0 radical (unpaired) electrons. The summed E-state index contributed by atoms with van der Waals surface area (Å²) in [5, 5.41) is 11.9. The van der Waals surface area contributed by atoms with E-state index in [2.05, 4.69) is 61.3 Å². The van der Waals surface area contributed by atoms with Crippen molar-refractivity contribution < 1.29 is 0 Å². The number of nitrogens with one attached hydrogen (secondary N) is 1. The Balaban J connectivity index is 1.93. The van der Waals surface area contributed by atoms with Crippen LogP contribution in [0.2, 0.25) is 0 Å². The first-order valence-electron chi connectivity index (χ1n) is 7.90. The Morgan fingerprint density at radius 3 is 2.59 bits per heavy atom. The van der Waals surface area contributed by atoms with Crippen LogP contribution in [0.3, 0.4) is 0 Å². The first-order chi connectivity index (χ1) is 10.4. The van der Waals surface area contributed by atoms with Crippen molar-refractivity contribution in [3.8, 4) is 0 Å². The molecule has 22 heavy (non-hydrogen) atoms. The van der Waals surface area contributed by atoms with Gasteiger partial charge in [0.25, 0.3) is 0 Å². The summed E-state index contributed by atoms with van der Waals surface area (Å²) in [4.78, 5) is 4.23. The molecule has 2 rings (SSSR count). The van der Waals surface area contributed by atoms with Crippen molar-refractivity contribution in [3.63, 3.8) is 0 Å². The Kier molecular flexibility index (Phi) is 5.29. The van der Waals surface area contributed by atoms with Crippen molar-refractivity contribution in [2.45, 2.75) is 52.6 Å². The van der Waals surface area contributed by atoms with Gasteiger partial charge in [0.2, 0.25) is 0 Å². The number of pyridine rings is 1. The van der Waals surface area contributed by atoms with Crippen molar-refractivity contribution in [1.29, 1.82) is 0 Å². The van der Waals surface area contributed by atoms with Crippen LogP contribution in [-0.4, -0.2) is 26.5 Å². The second-order valence-electron chi connectivity index (χ2n) is 7.09. The molecule has 0 fully saturated rings. The van der Waals surface area contributed by atoms with Crippen LogP contribution in [0.5, 0.6) is 0 Å². The van der Waals surface area contributed by atoms with E-state index < -0.39 is 0 Å². The second kappa shape index (κ2) is 7.01. The fourth-order valence-electron chi connectivity index (χ4n) is 2.40. The molecule has 0 amide bonds. The second-order valence-corrected chi connectivity index (χ2v) is 7.09. The average molecular weight is 301 g/mol. The van der Waals surface area contributed by atoms with Gasteiger partial charge in [0.15, 0.2) is 0 Å². The predicted molar refractivity (Wildman–Crippen MR) is 88.5 cm³/mol. The highest BCUT2D eigenvalue weighted by atomic mass is 15.4. The number of hydrogen-bond donors (Lipinski definition) is 1. The van der Waals surface area contributed by atoms with Crippen molar-refractivity contribution in [1.82, 2.24) is 25.3 Å². The van der Waals surface area contributed by atoms with Crippen molar-refractivity contribution >= 4 is 0 Å². The van der Waals surface area contributed by atoms with Crippen molar-refractivity contribution in [2.75, 3.05) is 6.54 Å². The number of aromatic nitrogens is 4. The molecule has 2 heterocycles. The molecule has 1 N–H and O–H groups in total. The fourth-order valence-corrected chi connectivity index (χ4v) is 2.40. The lowest BCUT2D eigenvalue weighted by Crippen LogP contribution is -2.25. The van der Waals surface area contributed by atoms with Crippen LogP contribution in [0.1, 0.15) is 51.8 Å². The number of hydrogen-bond acceptors (Lipinski definition) is 4. The molecule has 2 aromatic heterocycles. The lowest BCUT2D eigenvalue weighted by atomic mass is 9.89. The zero-order chi connectivity index (χ0) is 16.2. The monoisotopic (exact) mass is 301 g/mol. The quantitative estimate of drug-likeness (QED) is 0.891. The number of rotatable bonds is 6. The molecule has 0 saturated heterocycles. The summed E-state index contributed by atoms with van der Waals surface area (Å²) in [6.07, 6.45) is 5.79. The third-order valence-electron chi connectivity index (χ3n) is 3.82. The van der Waals surface area contributed by atoms with Crippen LogP contribution in [0.15, 0.2) is 30.7 Å². The molecule has 5 heteroatoms. The molecule has 0 aliphatic carbocycles. The third kappa shape index (κ3) is 4.37. The van der Waals surface area contributed by atoms with Gasteiger partial charge in [-0.15, -0.1) is 5.10 Å². The highest BCUT2D eigenvalue weighted by molar-refractivity contribution is 5.16. The first kappa shape index (κ1) is 16.6. The van der Waals surface area contributed by atoms with Crippen molar-refractivity contribution in [2.24, 2.45) is 5.92 Å². The Morgan fingerprint density at radius 1 is 1.27 bits per heavy atom. The molecule has 1 unspecified atom stereocenters. The molecule has 1 atom stereocenters. The van der Waals surface area contributed by atoms with Gasteiger partial charge in [-0.3, -0.25) is 4.98 Å². The summed E-state index contributed by atoms with van der Waals surface area (Å²) in [6, 6.07) is 4.15. The van der Waals surface area contributed by atoms with E-state index in [9.17, 15) is 0 Å². The van der Waals surface area contributed by atoms with Gasteiger partial charge >= 0.3 is 0 Å². The molecule has 0 aromatic carbocycles. The molecule has 0 spiro atoms. The van der Waals surface area contributed by atoms with Gasteiger partial charge < -0.3 is 5.32 Å². The minimum atomic E-state index is -0.0264. The molecule has 2 aromatic rings. The third-order valence-corrected chi connectivity index (χ3v) is 3.82. The summed E-state index contributed by atoms with van der Waals surface area (Å²) in [7, 11) is 0. The molecule has 0 saturated carbocycles. The fraction of sp³-hybridized carbons (Fsp3) is 0.588. The van der Waals surface area contributed by atoms with Gasteiger partial charge in [-0.2, -0.15) is 0 Å². The molecule has 5 nitrogen and oxygen atoms in total. The summed E-state index contributed by atoms with van der Waals surface area (Å²) in [6.45, 7) is 12.5. The minimum Gasteiger partial charge on any atom is -0.310 e.